The van der Waals surface area contributed by atoms with Gasteiger partial charge in [-0.3, -0.25) is 9.59 Å². The number of carbonyl (C=O) groups excluding carboxylic acids is 2. The Labute approximate surface area is 125 Å². The molecule has 0 spiro atoms. The van der Waals surface area contributed by atoms with Gasteiger partial charge in [-0.2, -0.15) is 11.8 Å². The van der Waals surface area contributed by atoms with Crippen molar-refractivity contribution < 1.29 is 14.3 Å². The van der Waals surface area contributed by atoms with Crippen LogP contribution in [0.1, 0.15) is 10.7 Å². The first-order valence-corrected chi connectivity index (χ1v) is 8.55. The maximum Gasteiger partial charge on any atom is 0.312 e. The van der Waals surface area contributed by atoms with Crippen LogP contribution in [0, 0.1) is 0 Å². The topological polar surface area (TPSA) is 71.5 Å². The molecule has 0 bridgehead atoms. The number of nitrogens with zero attached hydrogens (tertiary/aromatic N) is 2. The Morgan fingerprint density at radius 1 is 1.50 bits per heavy atom. The Bertz CT molecular complexity index is 472. The average molecular weight is 315 g/mol. The highest BCUT2D eigenvalue weighted by atomic mass is 32.2. The number of ether oxygens (including phenoxy) is 1. The lowest BCUT2D eigenvalue weighted by Crippen LogP contribution is -2.47. The first kappa shape index (κ1) is 15.3. The number of amides is 2. The fraction of sp³-hybridized carbons (Fsp3) is 0.583. The van der Waals surface area contributed by atoms with Crippen LogP contribution >= 0.6 is 23.1 Å². The monoisotopic (exact) mass is 315 g/mol. The van der Waals surface area contributed by atoms with E-state index in [0.29, 0.717) is 32.8 Å². The Balaban J connectivity index is 1.79. The highest BCUT2D eigenvalue weighted by Gasteiger charge is 2.23. The first-order valence-electron chi connectivity index (χ1n) is 6.27. The highest BCUT2D eigenvalue weighted by Crippen LogP contribution is 2.14. The van der Waals surface area contributed by atoms with Gasteiger partial charge in [-0.05, 0) is 6.26 Å². The third kappa shape index (κ3) is 4.19. The van der Waals surface area contributed by atoms with Gasteiger partial charge < -0.3 is 15.0 Å². The first-order chi connectivity index (χ1) is 9.70. The van der Waals surface area contributed by atoms with Gasteiger partial charge in [0.25, 0.3) is 0 Å². The van der Waals surface area contributed by atoms with E-state index in [0.717, 1.165) is 16.5 Å². The fourth-order valence-corrected chi connectivity index (χ4v) is 3.29. The summed E-state index contributed by atoms with van der Waals surface area (Å²) in [7, 11) is 0. The van der Waals surface area contributed by atoms with Crippen molar-refractivity contribution in [1.82, 2.24) is 15.2 Å². The molecule has 0 radical (unpaired) electrons. The predicted molar refractivity (Wildman–Crippen MR) is 78.6 cm³/mol. The van der Waals surface area contributed by atoms with Crippen molar-refractivity contribution in [2.75, 3.05) is 32.6 Å². The Kier molecular flexibility index (Phi) is 5.81. The molecule has 0 saturated carbocycles. The summed E-state index contributed by atoms with van der Waals surface area (Å²) < 4.78 is 5.15. The molecule has 0 atom stereocenters. The standard InChI is InChI=1S/C12H17N3O3S2/c1-19-8-10-14-9(7-20-10)6-13-11(16)12(17)15-2-4-18-5-3-15/h7H,2-6,8H2,1H3,(H,13,16). The highest BCUT2D eigenvalue weighted by molar-refractivity contribution is 7.97. The largest absolute Gasteiger partial charge is 0.378 e. The number of carbonyl (C=O) groups is 2. The summed E-state index contributed by atoms with van der Waals surface area (Å²) in [4.78, 5) is 29.5. The lowest BCUT2D eigenvalue weighted by molar-refractivity contribution is -0.148. The normalized spacial score (nSPS) is 15.2. The molecule has 0 unspecified atom stereocenters. The Morgan fingerprint density at radius 2 is 2.25 bits per heavy atom. The van der Waals surface area contributed by atoms with Gasteiger partial charge in [-0.25, -0.2) is 4.98 Å². The summed E-state index contributed by atoms with van der Waals surface area (Å²) in [6.45, 7) is 2.22. The fourth-order valence-electron chi connectivity index (χ4n) is 1.78. The molecule has 1 aromatic rings. The molecule has 2 heterocycles. The van der Waals surface area contributed by atoms with E-state index in [4.69, 9.17) is 4.74 Å². The van der Waals surface area contributed by atoms with Gasteiger partial charge in [-0.15, -0.1) is 11.3 Å². The van der Waals surface area contributed by atoms with Crippen molar-refractivity contribution >= 4 is 34.9 Å². The molecule has 2 rings (SSSR count). The van der Waals surface area contributed by atoms with Crippen LogP contribution in [-0.4, -0.2) is 54.3 Å². The Hall–Kier alpha value is -1.12. The van der Waals surface area contributed by atoms with Crippen molar-refractivity contribution in [2.45, 2.75) is 12.3 Å². The van der Waals surface area contributed by atoms with Crippen LogP contribution in [-0.2, 0) is 26.6 Å². The molecule has 1 aromatic heterocycles. The van der Waals surface area contributed by atoms with E-state index in [1.165, 1.54) is 4.90 Å². The lowest BCUT2D eigenvalue weighted by Gasteiger charge is -2.25. The third-order valence-electron chi connectivity index (χ3n) is 2.79. The van der Waals surface area contributed by atoms with Gasteiger partial charge in [0.05, 0.1) is 25.5 Å². The minimum absolute atomic E-state index is 0.291. The van der Waals surface area contributed by atoms with Crippen molar-refractivity contribution in [1.29, 1.82) is 0 Å². The molecule has 0 aromatic carbocycles. The zero-order chi connectivity index (χ0) is 14.4. The third-order valence-corrected chi connectivity index (χ3v) is 4.43. The summed E-state index contributed by atoms with van der Waals surface area (Å²) in [6, 6.07) is 0. The average Bonchev–Trinajstić information content (AvgIpc) is 2.93. The maximum atomic E-state index is 11.9. The number of hydrogen-bond acceptors (Lipinski definition) is 6. The van der Waals surface area contributed by atoms with Gasteiger partial charge in [-0.1, -0.05) is 0 Å². The van der Waals surface area contributed by atoms with E-state index in [9.17, 15) is 9.59 Å². The molecule has 1 saturated heterocycles. The summed E-state index contributed by atoms with van der Waals surface area (Å²) >= 11 is 3.27. The van der Waals surface area contributed by atoms with Crippen LogP contribution in [0.3, 0.4) is 0 Å². The van der Waals surface area contributed by atoms with Gasteiger partial charge in [0, 0.05) is 24.2 Å². The van der Waals surface area contributed by atoms with Crippen LogP contribution in [0.15, 0.2) is 5.38 Å². The number of nitrogens with one attached hydrogen (secondary N) is 1. The predicted octanol–water partition coefficient (Wildman–Crippen LogP) is 0.481. The van der Waals surface area contributed by atoms with Crippen molar-refractivity contribution in [3.8, 4) is 0 Å². The summed E-state index contributed by atoms with van der Waals surface area (Å²) in [6.07, 6.45) is 2.02. The van der Waals surface area contributed by atoms with Crippen molar-refractivity contribution in [3.63, 3.8) is 0 Å². The molecule has 1 N–H and O–H groups in total. The molecule has 1 aliphatic rings. The van der Waals surface area contributed by atoms with Gasteiger partial charge in [0.1, 0.15) is 5.01 Å². The minimum atomic E-state index is -0.577. The SMILES string of the molecule is CSCc1nc(CNC(=O)C(=O)N2CCOCC2)cs1. The number of morpholine rings is 1. The van der Waals surface area contributed by atoms with Crippen LogP contribution < -0.4 is 5.32 Å². The second-order valence-corrected chi connectivity index (χ2v) is 6.06. The van der Waals surface area contributed by atoms with Crippen LogP contribution in [0.2, 0.25) is 0 Å². The number of rotatable bonds is 4. The maximum absolute atomic E-state index is 11.9. The molecule has 20 heavy (non-hydrogen) atoms. The summed E-state index contributed by atoms with van der Waals surface area (Å²) in [5.74, 6) is -0.204. The lowest BCUT2D eigenvalue weighted by atomic mass is 10.3. The summed E-state index contributed by atoms with van der Waals surface area (Å²) in [5, 5.41) is 5.55. The molecule has 110 valence electrons. The van der Waals surface area contributed by atoms with E-state index < -0.39 is 11.8 Å². The number of aromatic nitrogens is 1. The second kappa shape index (κ2) is 7.61. The molecule has 1 aliphatic heterocycles. The van der Waals surface area contributed by atoms with Crippen LogP contribution in [0.4, 0.5) is 0 Å². The molecule has 1 fully saturated rings. The molecule has 8 heteroatoms. The quantitative estimate of drug-likeness (QED) is 0.818. The molecular formula is C12H17N3O3S2. The minimum Gasteiger partial charge on any atom is -0.378 e. The molecule has 0 aliphatic carbocycles. The van der Waals surface area contributed by atoms with E-state index in [2.05, 4.69) is 10.3 Å². The summed E-state index contributed by atoms with van der Waals surface area (Å²) in [5.41, 5.74) is 0.794. The zero-order valence-corrected chi connectivity index (χ0v) is 12.9. The number of hydrogen-bond donors (Lipinski definition) is 1. The van der Waals surface area contributed by atoms with E-state index >= 15 is 0 Å². The van der Waals surface area contributed by atoms with Gasteiger partial charge in [0.15, 0.2) is 0 Å². The molecular weight excluding hydrogens is 298 g/mol. The number of thioether (sulfide) groups is 1. The molecule has 2 amide bonds. The van der Waals surface area contributed by atoms with E-state index in [1.807, 2.05) is 11.6 Å². The second-order valence-electron chi connectivity index (χ2n) is 4.25. The Morgan fingerprint density at radius 3 is 2.95 bits per heavy atom. The van der Waals surface area contributed by atoms with Gasteiger partial charge >= 0.3 is 11.8 Å². The molecule has 6 nitrogen and oxygen atoms in total. The van der Waals surface area contributed by atoms with E-state index in [1.54, 1.807) is 23.1 Å². The van der Waals surface area contributed by atoms with Crippen LogP contribution in [0.5, 0.6) is 0 Å². The van der Waals surface area contributed by atoms with Crippen molar-refractivity contribution in [2.24, 2.45) is 0 Å². The number of thiazole rings is 1. The van der Waals surface area contributed by atoms with E-state index in [-0.39, 0.29) is 0 Å². The zero-order valence-electron chi connectivity index (χ0n) is 11.3. The van der Waals surface area contributed by atoms with Crippen LogP contribution in [0.25, 0.3) is 0 Å². The smallest absolute Gasteiger partial charge is 0.312 e. The van der Waals surface area contributed by atoms with Gasteiger partial charge in [0.2, 0.25) is 0 Å². The van der Waals surface area contributed by atoms with Crippen molar-refractivity contribution in [3.05, 3.63) is 16.1 Å².